The van der Waals surface area contributed by atoms with Crippen molar-refractivity contribution in [2.75, 3.05) is 31.2 Å². The van der Waals surface area contributed by atoms with E-state index >= 15 is 0 Å². The number of thioether (sulfide) groups is 1. The number of halogens is 1. The van der Waals surface area contributed by atoms with Crippen LogP contribution in [0.2, 0.25) is 0 Å². The second kappa shape index (κ2) is 9.40. The molecule has 1 saturated heterocycles. The first kappa shape index (κ1) is 21.1. The summed E-state index contributed by atoms with van der Waals surface area (Å²) in [4.78, 5) is 6.94. The van der Waals surface area contributed by atoms with Gasteiger partial charge in [0.2, 0.25) is 5.95 Å². The van der Waals surface area contributed by atoms with Gasteiger partial charge in [0.15, 0.2) is 5.16 Å². The van der Waals surface area contributed by atoms with Gasteiger partial charge in [-0.3, -0.25) is 4.57 Å². The summed E-state index contributed by atoms with van der Waals surface area (Å²) < 4.78 is 20.8. The quantitative estimate of drug-likeness (QED) is 0.373. The molecule has 0 saturated carbocycles. The van der Waals surface area contributed by atoms with Crippen molar-refractivity contribution in [1.29, 1.82) is 0 Å². The van der Waals surface area contributed by atoms with Gasteiger partial charge in [-0.1, -0.05) is 29.5 Å². The maximum Gasteiger partial charge on any atom is 0.232 e. The van der Waals surface area contributed by atoms with Crippen LogP contribution in [0.1, 0.15) is 11.3 Å². The minimum Gasteiger partial charge on any atom is -0.378 e. The number of thiazole rings is 1. The third-order valence-electron chi connectivity index (χ3n) is 5.19. The SMILES string of the molecule is Cc1ccc(-n2c(SCc3csc(-c4ccc(F)cc4)n3)nnc2N2CCOCC2)cc1. The zero-order chi connectivity index (χ0) is 21.9. The van der Waals surface area contributed by atoms with Gasteiger partial charge in [-0.05, 0) is 43.3 Å². The lowest BCUT2D eigenvalue weighted by molar-refractivity contribution is 0.122. The fourth-order valence-electron chi connectivity index (χ4n) is 3.48. The number of hydrogen-bond donors (Lipinski definition) is 0. The number of hydrogen-bond acceptors (Lipinski definition) is 7. The molecule has 1 fully saturated rings. The Kier molecular flexibility index (Phi) is 6.20. The van der Waals surface area contributed by atoms with Crippen molar-refractivity contribution in [3.8, 4) is 16.3 Å². The molecule has 0 bridgehead atoms. The van der Waals surface area contributed by atoms with Gasteiger partial charge in [0.1, 0.15) is 10.8 Å². The first-order valence-corrected chi connectivity index (χ1v) is 12.2. The van der Waals surface area contributed by atoms with Crippen molar-refractivity contribution >= 4 is 29.0 Å². The van der Waals surface area contributed by atoms with Gasteiger partial charge in [-0.25, -0.2) is 9.37 Å². The molecule has 1 aliphatic rings. The lowest BCUT2D eigenvalue weighted by Crippen LogP contribution is -2.37. The van der Waals surface area contributed by atoms with Crippen LogP contribution in [0.3, 0.4) is 0 Å². The predicted molar refractivity (Wildman–Crippen MR) is 126 cm³/mol. The summed E-state index contributed by atoms with van der Waals surface area (Å²) in [5.74, 6) is 1.27. The van der Waals surface area contributed by atoms with Crippen LogP contribution in [0.4, 0.5) is 10.3 Å². The summed E-state index contributed by atoms with van der Waals surface area (Å²) in [5, 5.41) is 12.8. The van der Waals surface area contributed by atoms with Gasteiger partial charge in [0.05, 0.1) is 24.6 Å². The van der Waals surface area contributed by atoms with E-state index in [4.69, 9.17) is 9.72 Å². The van der Waals surface area contributed by atoms with Gasteiger partial charge in [-0.15, -0.1) is 21.5 Å². The molecule has 164 valence electrons. The number of aromatic nitrogens is 4. The van der Waals surface area contributed by atoms with Gasteiger partial charge in [0.25, 0.3) is 0 Å². The topological polar surface area (TPSA) is 56.1 Å². The van der Waals surface area contributed by atoms with Crippen LogP contribution in [0.15, 0.2) is 59.1 Å². The minimum absolute atomic E-state index is 0.243. The summed E-state index contributed by atoms with van der Waals surface area (Å²) in [7, 11) is 0. The maximum absolute atomic E-state index is 13.2. The minimum atomic E-state index is -0.243. The molecule has 5 rings (SSSR count). The average molecular weight is 468 g/mol. The number of anilines is 1. The molecule has 0 N–H and O–H groups in total. The third kappa shape index (κ3) is 4.55. The fraction of sp³-hybridized carbons (Fsp3) is 0.261. The van der Waals surface area contributed by atoms with E-state index in [0.717, 1.165) is 46.1 Å². The smallest absolute Gasteiger partial charge is 0.232 e. The highest BCUT2D eigenvalue weighted by atomic mass is 32.2. The van der Waals surface area contributed by atoms with Crippen LogP contribution in [0.5, 0.6) is 0 Å². The van der Waals surface area contributed by atoms with Crippen molar-refractivity contribution in [3.63, 3.8) is 0 Å². The van der Waals surface area contributed by atoms with Crippen LogP contribution >= 0.6 is 23.1 Å². The van der Waals surface area contributed by atoms with Crippen LogP contribution in [0, 0.1) is 12.7 Å². The Morgan fingerprint density at radius 2 is 1.78 bits per heavy atom. The Morgan fingerprint density at radius 1 is 1.03 bits per heavy atom. The molecular weight excluding hydrogens is 445 g/mol. The molecule has 0 unspecified atom stereocenters. The summed E-state index contributed by atoms with van der Waals surface area (Å²) in [6.07, 6.45) is 0. The predicted octanol–water partition coefficient (Wildman–Crippen LogP) is 4.97. The van der Waals surface area contributed by atoms with Crippen molar-refractivity contribution in [2.45, 2.75) is 17.8 Å². The number of rotatable bonds is 6. The summed E-state index contributed by atoms with van der Waals surface area (Å²) >= 11 is 3.17. The average Bonchev–Trinajstić information content (AvgIpc) is 3.47. The number of aryl methyl sites for hydroxylation is 1. The first-order chi connectivity index (χ1) is 15.7. The molecule has 2 aromatic heterocycles. The van der Waals surface area contributed by atoms with Gasteiger partial charge in [-0.2, -0.15) is 0 Å². The zero-order valence-electron chi connectivity index (χ0n) is 17.6. The largest absolute Gasteiger partial charge is 0.378 e. The first-order valence-electron chi connectivity index (χ1n) is 10.4. The second-order valence-electron chi connectivity index (χ2n) is 7.49. The molecule has 3 heterocycles. The highest BCUT2D eigenvalue weighted by Crippen LogP contribution is 2.31. The molecule has 0 atom stereocenters. The van der Waals surface area contributed by atoms with Gasteiger partial charge in [0, 0.05) is 29.8 Å². The molecule has 6 nitrogen and oxygen atoms in total. The zero-order valence-corrected chi connectivity index (χ0v) is 19.2. The standard InChI is InChI=1S/C23H22FN5OS2/c1-16-2-8-20(9-3-16)29-22(28-10-12-30-13-11-28)26-27-23(29)32-15-19-14-31-21(25-19)17-4-6-18(24)7-5-17/h2-9,14H,10-13,15H2,1H3. The Morgan fingerprint density at radius 3 is 2.53 bits per heavy atom. The van der Waals surface area contributed by atoms with E-state index < -0.39 is 0 Å². The lowest BCUT2D eigenvalue weighted by atomic mass is 10.2. The van der Waals surface area contributed by atoms with E-state index in [9.17, 15) is 4.39 Å². The molecule has 0 amide bonds. The number of morpholine rings is 1. The molecule has 4 aromatic rings. The number of ether oxygens (including phenoxy) is 1. The maximum atomic E-state index is 13.2. The monoisotopic (exact) mass is 467 g/mol. The summed E-state index contributed by atoms with van der Waals surface area (Å²) in [5.41, 5.74) is 4.13. The Bertz CT molecular complexity index is 1180. The Balaban J connectivity index is 1.39. The molecule has 0 spiro atoms. The van der Waals surface area contributed by atoms with Crippen LogP contribution < -0.4 is 4.90 Å². The van der Waals surface area contributed by atoms with E-state index in [0.29, 0.717) is 19.0 Å². The van der Waals surface area contributed by atoms with Crippen LogP contribution in [-0.4, -0.2) is 46.1 Å². The fourth-order valence-corrected chi connectivity index (χ4v) is 5.25. The molecule has 2 aromatic carbocycles. The number of nitrogens with zero attached hydrogens (tertiary/aromatic N) is 5. The summed E-state index contributed by atoms with van der Waals surface area (Å²) in [6.45, 7) is 5.04. The molecule has 0 aliphatic carbocycles. The Hall–Kier alpha value is -2.75. The number of benzene rings is 2. The van der Waals surface area contributed by atoms with Crippen molar-refractivity contribution < 1.29 is 9.13 Å². The van der Waals surface area contributed by atoms with E-state index in [1.54, 1.807) is 35.2 Å². The second-order valence-corrected chi connectivity index (χ2v) is 9.29. The van der Waals surface area contributed by atoms with E-state index in [1.807, 2.05) is 5.38 Å². The van der Waals surface area contributed by atoms with Gasteiger partial charge >= 0.3 is 0 Å². The van der Waals surface area contributed by atoms with E-state index in [2.05, 4.69) is 50.9 Å². The highest BCUT2D eigenvalue weighted by Gasteiger charge is 2.22. The van der Waals surface area contributed by atoms with Crippen molar-refractivity contribution in [2.24, 2.45) is 0 Å². The van der Waals surface area contributed by atoms with Crippen molar-refractivity contribution in [1.82, 2.24) is 19.7 Å². The van der Waals surface area contributed by atoms with E-state index in [-0.39, 0.29) is 5.82 Å². The van der Waals surface area contributed by atoms with Gasteiger partial charge < -0.3 is 9.64 Å². The van der Waals surface area contributed by atoms with Crippen molar-refractivity contribution in [3.05, 3.63) is 71.0 Å². The van der Waals surface area contributed by atoms with Crippen LogP contribution in [-0.2, 0) is 10.5 Å². The molecule has 9 heteroatoms. The third-order valence-corrected chi connectivity index (χ3v) is 7.10. The molecule has 1 aliphatic heterocycles. The summed E-state index contributed by atoms with van der Waals surface area (Å²) in [6, 6.07) is 14.8. The Labute approximate surface area is 194 Å². The van der Waals surface area contributed by atoms with Crippen LogP contribution in [0.25, 0.3) is 16.3 Å². The molecule has 0 radical (unpaired) electrons. The lowest BCUT2D eigenvalue weighted by Gasteiger charge is -2.27. The molecular formula is C23H22FN5OS2. The van der Waals surface area contributed by atoms with E-state index in [1.165, 1.54) is 17.7 Å². The highest BCUT2D eigenvalue weighted by molar-refractivity contribution is 7.98. The molecule has 32 heavy (non-hydrogen) atoms. The normalized spacial score (nSPS) is 14.1.